The zero-order chi connectivity index (χ0) is 38.7. The van der Waals surface area contributed by atoms with E-state index in [2.05, 4.69) is 158 Å². The van der Waals surface area contributed by atoms with Gasteiger partial charge in [0.15, 0.2) is 12.2 Å². The molecule has 6 rings (SSSR count). The molecule has 4 unspecified atom stereocenters. The van der Waals surface area contributed by atoms with Gasteiger partial charge in [-0.2, -0.15) is 0 Å². The van der Waals surface area contributed by atoms with Gasteiger partial charge < -0.3 is 35.1 Å². The SMILES string of the molecule is CC(CN(C)C)CN1c2ccccc2Sc2ccccc21.CCN(CC)C(C)CN1c2ccccc2Sc2ccccc21.Cl.O=C(O)C(O)C(O)C(=O)O. The molecular formula is C41H53ClN4O6S2. The van der Waals surface area contributed by atoms with Crippen molar-refractivity contribution < 1.29 is 30.0 Å². The van der Waals surface area contributed by atoms with Crippen LogP contribution in [0.1, 0.15) is 27.7 Å². The monoisotopic (exact) mass is 796 g/mol. The highest BCUT2D eigenvalue weighted by molar-refractivity contribution is 8.00. The van der Waals surface area contributed by atoms with Gasteiger partial charge in [-0.15, -0.1) is 12.4 Å². The fraction of sp³-hybridized carbons (Fsp3) is 0.366. The fourth-order valence-electron chi connectivity index (χ4n) is 6.45. The molecular weight excluding hydrogens is 744 g/mol. The number of aliphatic hydroxyl groups excluding tert-OH is 2. The summed E-state index contributed by atoms with van der Waals surface area (Å²) in [4.78, 5) is 34.7. The van der Waals surface area contributed by atoms with Crippen LogP contribution in [0.25, 0.3) is 0 Å². The highest BCUT2D eigenvalue weighted by atomic mass is 35.5. The summed E-state index contributed by atoms with van der Waals surface area (Å²) in [5.41, 5.74) is 5.36. The molecule has 54 heavy (non-hydrogen) atoms. The van der Waals surface area contributed by atoms with Crippen LogP contribution >= 0.6 is 35.9 Å². The van der Waals surface area contributed by atoms with Crippen molar-refractivity contribution in [3.63, 3.8) is 0 Å². The van der Waals surface area contributed by atoms with Crippen LogP contribution in [0.3, 0.4) is 0 Å². The largest absolute Gasteiger partial charge is 0.479 e. The van der Waals surface area contributed by atoms with Gasteiger partial charge in [-0.05, 0) is 88.6 Å². The third kappa shape index (κ3) is 11.6. The number of nitrogens with zero attached hydrogens (tertiary/aromatic N) is 4. The van der Waals surface area contributed by atoms with Crippen molar-refractivity contribution in [1.82, 2.24) is 9.80 Å². The van der Waals surface area contributed by atoms with Crippen LogP contribution in [-0.2, 0) is 9.59 Å². The molecule has 10 nitrogen and oxygen atoms in total. The lowest BCUT2D eigenvalue weighted by Gasteiger charge is -2.37. The van der Waals surface area contributed by atoms with Crippen LogP contribution in [0.4, 0.5) is 22.7 Å². The molecule has 2 aliphatic rings. The number of halogens is 1. The molecule has 2 aliphatic heterocycles. The Labute approximate surface area is 334 Å². The number of aliphatic hydroxyl groups is 2. The molecule has 0 saturated heterocycles. The standard InChI is InChI=1S/C19H24N2S.C18H22N2S.C4H6O6.ClH/c1-4-20(5-2)15(3)14-21-16-10-6-8-12-18(16)22-19-13-9-7-11-17(19)21;1-14(12-19(2)3)13-20-15-8-4-6-10-17(15)21-18-11-7-5-9-16(18)20;5-1(3(7)8)2(6)4(9)10;/h6-13,15H,4-5,14H2,1-3H3;4-11,14H,12-13H2,1-3H3;1-2,5-6H,(H,7,8)(H,9,10);1H. The normalized spacial score (nSPS) is 14.6. The highest BCUT2D eigenvalue weighted by Gasteiger charge is 2.29. The lowest BCUT2D eigenvalue weighted by atomic mass is 10.1. The van der Waals surface area contributed by atoms with Crippen molar-refractivity contribution in [1.29, 1.82) is 0 Å². The number of carboxylic acid groups (broad SMARTS) is 2. The van der Waals surface area contributed by atoms with E-state index in [4.69, 9.17) is 20.4 Å². The lowest BCUT2D eigenvalue weighted by molar-refractivity contribution is -0.165. The van der Waals surface area contributed by atoms with E-state index in [-0.39, 0.29) is 12.4 Å². The highest BCUT2D eigenvalue weighted by Crippen LogP contribution is 2.49. The third-order valence-electron chi connectivity index (χ3n) is 8.92. The number of anilines is 4. The van der Waals surface area contributed by atoms with Crippen LogP contribution in [0.5, 0.6) is 0 Å². The number of aliphatic carboxylic acids is 2. The summed E-state index contributed by atoms with van der Waals surface area (Å²) in [6.45, 7) is 14.5. The molecule has 4 atom stereocenters. The number of para-hydroxylation sites is 4. The van der Waals surface area contributed by atoms with Crippen molar-refractivity contribution in [2.45, 2.75) is 65.5 Å². The van der Waals surface area contributed by atoms with Gasteiger partial charge in [0.1, 0.15) is 0 Å². The Kier molecular flexibility index (Phi) is 17.7. The Morgan fingerprint density at radius 3 is 1.22 bits per heavy atom. The second kappa shape index (κ2) is 21.4. The van der Waals surface area contributed by atoms with Crippen molar-refractivity contribution in [3.8, 4) is 0 Å². The van der Waals surface area contributed by atoms with E-state index in [1.165, 1.54) is 42.3 Å². The Bertz CT molecular complexity index is 1700. The predicted octanol–water partition coefficient (Wildman–Crippen LogP) is 7.81. The van der Waals surface area contributed by atoms with Crippen molar-refractivity contribution >= 4 is 70.6 Å². The van der Waals surface area contributed by atoms with Gasteiger partial charge >= 0.3 is 11.9 Å². The molecule has 0 amide bonds. The van der Waals surface area contributed by atoms with Crippen molar-refractivity contribution in [2.24, 2.45) is 5.92 Å². The Morgan fingerprint density at radius 2 is 0.926 bits per heavy atom. The maximum absolute atomic E-state index is 9.77. The number of hydrogen-bond donors (Lipinski definition) is 4. The number of carbonyl (C=O) groups is 2. The van der Waals surface area contributed by atoms with Gasteiger partial charge in [-0.1, -0.05) is 92.8 Å². The molecule has 0 spiro atoms. The zero-order valence-corrected chi connectivity index (χ0v) is 34.2. The molecule has 292 valence electrons. The van der Waals surface area contributed by atoms with Crippen LogP contribution in [0, 0.1) is 5.92 Å². The quantitative estimate of drug-likeness (QED) is 0.112. The molecule has 2 heterocycles. The molecule has 4 aromatic rings. The first kappa shape index (κ1) is 44.6. The Hall–Kier alpha value is -3.75. The average molecular weight is 797 g/mol. The fourth-order valence-corrected chi connectivity index (χ4v) is 8.64. The minimum absolute atomic E-state index is 0. The second-order valence-corrected chi connectivity index (χ2v) is 15.5. The molecule has 0 bridgehead atoms. The lowest BCUT2D eigenvalue weighted by Crippen LogP contribution is -2.41. The predicted molar refractivity (Wildman–Crippen MR) is 223 cm³/mol. The van der Waals surface area contributed by atoms with Crippen LogP contribution in [0.15, 0.2) is 117 Å². The molecule has 13 heteroatoms. The van der Waals surface area contributed by atoms with Crippen LogP contribution < -0.4 is 9.80 Å². The summed E-state index contributed by atoms with van der Waals surface area (Å²) in [7, 11) is 4.29. The second-order valence-electron chi connectivity index (χ2n) is 13.3. The maximum atomic E-state index is 9.77. The number of rotatable bonds is 12. The summed E-state index contributed by atoms with van der Waals surface area (Å²) in [6, 6.07) is 35.5. The van der Waals surface area contributed by atoms with E-state index in [0.717, 1.165) is 32.7 Å². The van der Waals surface area contributed by atoms with E-state index in [9.17, 15) is 9.59 Å². The summed E-state index contributed by atoms with van der Waals surface area (Å²) >= 11 is 3.75. The Morgan fingerprint density at radius 1 is 0.611 bits per heavy atom. The molecule has 0 aliphatic carbocycles. The van der Waals surface area contributed by atoms with Gasteiger partial charge in [-0.25, -0.2) is 9.59 Å². The molecule has 0 radical (unpaired) electrons. The van der Waals surface area contributed by atoms with Crippen LogP contribution in [0.2, 0.25) is 0 Å². The average Bonchev–Trinajstić information content (AvgIpc) is 3.14. The van der Waals surface area contributed by atoms with Gasteiger partial charge in [0.25, 0.3) is 0 Å². The summed E-state index contributed by atoms with van der Waals surface area (Å²) in [5, 5.41) is 32.5. The number of fused-ring (bicyclic) bond motifs is 4. The summed E-state index contributed by atoms with van der Waals surface area (Å²) in [6.07, 6.45) is -4.53. The van der Waals surface area contributed by atoms with Crippen LogP contribution in [-0.4, -0.2) is 107 Å². The first-order valence-corrected chi connectivity index (χ1v) is 19.5. The van der Waals surface area contributed by atoms with E-state index < -0.39 is 24.1 Å². The van der Waals surface area contributed by atoms with Gasteiger partial charge in [0.05, 0.1) is 22.7 Å². The summed E-state index contributed by atoms with van der Waals surface area (Å²) < 4.78 is 0. The van der Waals surface area contributed by atoms with E-state index >= 15 is 0 Å². The molecule has 0 fully saturated rings. The number of hydrogen-bond acceptors (Lipinski definition) is 10. The minimum atomic E-state index is -2.27. The number of benzene rings is 4. The molecule has 0 aromatic heterocycles. The maximum Gasteiger partial charge on any atom is 0.335 e. The Balaban J connectivity index is 0.000000231. The first-order chi connectivity index (χ1) is 25.4. The van der Waals surface area contributed by atoms with Gasteiger partial charge in [-0.3, -0.25) is 4.90 Å². The van der Waals surface area contributed by atoms with E-state index in [1.54, 1.807) is 0 Å². The number of likely N-dealkylation sites (N-methyl/N-ethyl adjacent to an activating group) is 1. The third-order valence-corrected chi connectivity index (χ3v) is 11.2. The van der Waals surface area contributed by atoms with Crippen molar-refractivity contribution in [2.75, 3.05) is 56.6 Å². The van der Waals surface area contributed by atoms with E-state index in [0.29, 0.717) is 12.0 Å². The minimum Gasteiger partial charge on any atom is -0.479 e. The molecule has 4 N–H and O–H groups in total. The molecule has 4 aromatic carbocycles. The topological polar surface area (TPSA) is 128 Å². The number of carboxylic acids is 2. The van der Waals surface area contributed by atoms with E-state index in [1.807, 2.05) is 23.5 Å². The molecule has 0 saturated carbocycles. The summed E-state index contributed by atoms with van der Waals surface area (Å²) in [5.74, 6) is -2.92. The van der Waals surface area contributed by atoms with Gasteiger partial charge in [0, 0.05) is 45.3 Å². The van der Waals surface area contributed by atoms with Crippen molar-refractivity contribution in [3.05, 3.63) is 97.1 Å². The smallest absolute Gasteiger partial charge is 0.335 e. The zero-order valence-electron chi connectivity index (χ0n) is 31.7. The first-order valence-electron chi connectivity index (χ1n) is 17.8. The van der Waals surface area contributed by atoms with Gasteiger partial charge in [0.2, 0.25) is 0 Å².